The zero-order chi connectivity index (χ0) is 14.4. The maximum absolute atomic E-state index is 11.7. The molecule has 1 aromatic rings. The Hall–Kier alpha value is -1.59. The molecule has 0 heterocycles. The molecule has 6 heteroatoms. The Kier molecular flexibility index (Phi) is 5.79. The van der Waals surface area contributed by atoms with Crippen LogP contribution >= 0.6 is 11.6 Å². The predicted molar refractivity (Wildman–Crippen MR) is 74.4 cm³/mol. The molecule has 0 aromatic heterocycles. The highest BCUT2D eigenvalue weighted by molar-refractivity contribution is 6.30. The number of carbonyl (C=O) groups excluding carboxylic acids is 1. The van der Waals surface area contributed by atoms with Gasteiger partial charge in [0, 0.05) is 23.7 Å². The quantitative estimate of drug-likeness (QED) is 0.839. The molecule has 1 aromatic carbocycles. The van der Waals surface area contributed by atoms with Crippen LogP contribution in [0.2, 0.25) is 5.02 Å². The van der Waals surface area contributed by atoms with Crippen LogP contribution in [0, 0.1) is 0 Å². The molecule has 104 valence electrons. The standard InChI is InChI=1S/C13H17ClN2O3/c1-9(13(18)19)16(2)8-7-12(17)15-11-5-3-10(14)4-6-11/h3-6,9H,7-8H2,1-2H3,(H,15,17)(H,18,19). The number of carboxylic acids is 1. The summed E-state index contributed by atoms with van der Waals surface area (Å²) in [6.07, 6.45) is 0.233. The van der Waals surface area contributed by atoms with Crippen molar-refractivity contribution in [1.82, 2.24) is 4.90 Å². The first-order chi connectivity index (χ1) is 8.90. The van der Waals surface area contributed by atoms with Crippen LogP contribution in [-0.2, 0) is 9.59 Å². The number of carbonyl (C=O) groups is 2. The fraction of sp³-hybridized carbons (Fsp3) is 0.385. The molecule has 1 rings (SSSR count). The summed E-state index contributed by atoms with van der Waals surface area (Å²) in [4.78, 5) is 24.0. The second kappa shape index (κ2) is 7.11. The highest BCUT2D eigenvalue weighted by Crippen LogP contribution is 2.13. The molecular weight excluding hydrogens is 268 g/mol. The lowest BCUT2D eigenvalue weighted by atomic mass is 10.2. The smallest absolute Gasteiger partial charge is 0.320 e. The highest BCUT2D eigenvalue weighted by Gasteiger charge is 2.17. The van der Waals surface area contributed by atoms with Gasteiger partial charge in [0.2, 0.25) is 5.91 Å². The maximum atomic E-state index is 11.7. The molecule has 0 bridgehead atoms. The van der Waals surface area contributed by atoms with Crippen LogP contribution in [0.3, 0.4) is 0 Å². The Morgan fingerprint density at radius 3 is 2.47 bits per heavy atom. The van der Waals surface area contributed by atoms with Crippen LogP contribution < -0.4 is 5.32 Å². The van der Waals surface area contributed by atoms with E-state index in [4.69, 9.17) is 16.7 Å². The molecule has 0 saturated carbocycles. The van der Waals surface area contributed by atoms with E-state index in [-0.39, 0.29) is 12.3 Å². The Morgan fingerprint density at radius 2 is 1.95 bits per heavy atom. The third-order valence-electron chi connectivity index (χ3n) is 2.84. The van der Waals surface area contributed by atoms with Crippen molar-refractivity contribution in [2.75, 3.05) is 18.9 Å². The molecule has 0 aliphatic rings. The highest BCUT2D eigenvalue weighted by atomic mass is 35.5. The van der Waals surface area contributed by atoms with Crippen molar-refractivity contribution in [2.24, 2.45) is 0 Å². The second-order valence-corrected chi connectivity index (χ2v) is 4.74. The van der Waals surface area contributed by atoms with Crippen molar-refractivity contribution in [1.29, 1.82) is 0 Å². The van der Waals surface area contributed by atoms with Gasteiger partial charge in [0.25, 0.3) is 0 Å². The number of aliphatic carboxylic acids is 1. The molecule has 1 atom stereocenters. The van der Waals surface area contributed by atoms with Crippen LogP contribution in [0.1, 0.15) is 13.3 Å². The van der Waals surface area contributed by atoms with Gasteiger partial charge in [0.1, 0.15) is 6.04 Å². The Bertz CT molecular complexity index is 448. The van der Waals surface area contributed by atoms with Crippen LogP contribution in [-0.4, -0.2) is 41.5 Å². The molecule has 0 aliphatic heterocycles. The largest absolute Gasteiger partial charge is 0.480 e. The zero-order valence-electron chi connectivity index (χ0n) is 10.9. The fourth-order valence-corrected chi connectivity index (χ4v) is 1.54. The number of nitrogens with one attached hydrogen (secondary N) is 1. The lowest BCUT2D eigenvalue weighted by Gasteiger charge is -2.20. The van der Waals surface area contributed by atoms with Crippen LogP contribution in [0.5, 0.6) is 0 Å². The number of anilines is 1. The summed E-state index contributed by atoms with van der Waals surface area (Å²) in [5, 5.41) is 12.1. The number of rotatable bonds is 6. The average Bonchev–Trinajstić information content (AvgIpc) is 2.37. The molecule has 19 heavy (non-hydrogen) atoms. The van der Waals surface area contributed by atoms with Gasteiger partial charge < -0.3 is 10.4 Å². The number of halogens is 1. The van der Waals surface area contributed by atoms with Crippen molar-refractivity contribution < 1.29 is 14.7 Å². The third kappa shape index (κ3) is 5.28. The van der Waals surface area contributed by atoms with Gasteiger partial charge in [-0.25, -0.2) is 0 Å². The van der Waals surface area contributed by atoms with E-state index in [1.54, 1.807) is 43.1 Å². The molecule has 0 spiro atoms. The van der Waals surface area contributed by atoms with Crippen molar-refractivity contribution >= 4 is 29.2 Å². The number of benzene rings is 1. The van der Waals surface area contributed by atoms with E-state index in [2.05, 4.69) is 5.32 Å². The maximum Gasteiger partial charge on any atom is 0.320 e. The summed E-state index contributed by atoms with van der Waals surface area (Å²) < 4.78 is 0. The minimum atomic E-state index is -0.902. The van der Waals surface area contributed by atoms with Gasteiger partial charge in [-0.2, -0.15) is 0 Å². The lowest BCUT2D eigenvalue weighted by molar-refractivity contribution is -0.142. The molecule has 0 fully saturated rings. The third-order valence-corrected chi connectivity index (χ3v) is 3.09. The normalized spacial score (nSPS) is 12.2. The van der Waals surface area contributed by atoms with Crippen molar-refractivity contribution in [3.05, 3.63) is 29.3 Å². The van der Waals surface area contributed by atoms with Gasteiger partial charge in [0.05, 0.1) is 0 Å². The summed E-state index contributed by atoms with van der Waals surface area (Å²) >= 11 is 5.74. The first-order valence-corrected chi connectivity index (χ1v) is 6.26. The second-order valence-electron chi connectivity index (χ2n) is 4.30. The topological polar surface area (TPSA) is 69.6 Å². The summed E-state index contributed by atoms with van der Waals surface area (Å²) in [5.41, 5.74) is 0.670. The van der Waals surface area contributed by atoms with Crippen LogP contribution in [0.25, 0.3) is 0 Å². The lowest BCUT2D eigenvalue weighted by Crippen LogP contribution is -2.37. The van der Waals surface area contributed by atoms with E-state index in [1.165, 1.54) is 0 Å². The number of likely N-dealkylation sites (N-methyl/N-ethyl adjacent to an activating group) is 1. The summed E-state index contributed by atoms with van der Waals surface area (Å²) in [6, 6.07) is 6.20. The molecular formula is C13H17ClN2O3. The molecule has 0 radical (unpaired) electrons. The Balaban J connectivity index is 2.39. The predicted octanol–water partition coefficient (Wildman–Crippen LogP) is 2.07. The van der Waals surface area contributed by atoms with E-state index in [0.717, 1.165) is 0 Å². The first kappa shape index (κ1) is 15.5. The van der Waals surface area contributed by atoms with Crippen LogP contribution in [0.15, 0.2) is 24.3 Å². The molecule has 2 N–H and O–H groups in total. The number of hydrogen-bond acceptors (Lipinski definition) is 3. The van der Waals surface area contributed by atoms with E-state index in [9.17, 15) is 9.59 Å². The first-order valence-electron chi connectivity index (χ1n) is 5.88. The van der Waals surface area contributed by atoms with Gasteiger partial charge in [-0.05, 0) is 38.2 Å². The number of nitrogens with zero attached hydrogens (tertiary/aromatic N) is 1. The van der Waals surface area contributed by atoms with E-state index in [0.29, 0.717) is 17.3 Å². The Labute approximate surface area is 117 Å². The van der Waals surface area contributed by atoms with E-state index >= 15 is 0 Å². The van der Waals surface area contributed by atoms with Crippen LogP contribution in [0.4, 0.5) is 5.69 Å². The summed E-state index contributed by atoms with van der Waals surface area (Å²) in [5.74, 6) is -1.06. The molecule has 1 unspecified atom stereocenters. The van der Waals surface area contributed by atoms with Crippen molar-refractivity contribution in [2.45, 2.75) is 19.4 Å². The minimum Gasteiger partial charge on any atom is -0.480 e. The van der Waals surface area contributed by atoms with Gasteiger partial charge in [0.15, 0.2) is 0 Å². The molecule has 1 amide bonds. The van der Waals surface area contributed by atoms with Crippen molar-refractivity contribution in [3.63, 3.8) is 0 Å². The molecule has 0 saturated heterocycles. The summed E-state index contributed by atoms with van der Waals surface area (Å²) in [6.45, 7) is 1.96. The molecule has 5 nitrogen and oxygen atoms in total. The van der Waals surface area contributed by atoms with Gasteiger partial charge in [-0.3, -0.25) is 14.5 Å². The SMILES string of the molecule is CC(C(=O)O)N(C)CCC(=O)Nc1ccc(Cl)cc1. The summed E-state index contributed by atoms with van der Waals surface area (Å²) in [7, 11) is 1.67. The zero-order valence-corrected chi connectivity index (χ0v) is 11.6. The number of carboxylic acid groups (broad SMARTS) is 1. The van der Waals surface area contributed by atoms with Gasteiger partial charge in [-0.15, -0.1) is 0 Å². The minimum absolute atomic E-state index is 0.160. The van der Waals surface area contributed by atoms with E-state index in [1.807, 2.05) is 0 Å². The van der Waals surface area contributed by atoms with Gasteiger partial charge >= 0.3 is 5.97 Å². The van der Waals surface area contributed by atoms with E-state index < -0.39 is 12.0 Å². The number of hydrogen-bond donors (Lipinski definition) is 2. The molecule has 0 aliphatic carbocycles. The van der Waals surface area contributed by atoms with Gasteiger partial charge in [-0.1, -0.05) is 11.6 Å². The Morgan fingerprint density at radius 1 is 1.37 bits per heavy atom. The van der Waals surface area contributed by atoms with Crippen molar-refractivity contribution in [3.8, 4) is 0 Å². The monoisotopic (exact) mass is 284 g/mol. The average molecular weight is 285 g/mol. The number of amides is 1. The fourth-order valence-electron chi connectivity index (χ4n) is 1.42.